The van der Waals surface area contributed by atoms with Gasteiger partial charge in [-0.2, -0.15) is 5.10 Å². The Morgan fingerprint density at radius 3 is 2.50 bits per heavy atom. The maximum absolute atomic E-state index is 13.6. The zero-order chi connectivity index (χ0) is 21.9. The summed E-state index contributed by atoms with van der Waals surface area (Å²) in [5.74, 6) is 0.0442. The number of fused-ring (bicyclic) bond motifs is 1. The normalized spacial score (nSPS) is 14.7. The number of hydrogen-bond donors (Lipinski definition) is 0. The molecular formula is C25H26N6O. The molecule has 0 radical (unpaired) electrons. The average molecular weight is 427 g/mol. The van der Waals surface area contributed by atoms with Gasteiger partial charge in [-0.05, 0) is 25.1 Å². The van der Waals surface area contributed by atoms with Gasteiger partial charge in [0.1, 0.15) is 0 Å². The first kappa shape index (κ1) is 20.3. The highest BCUT2D eigenvalue weighted by Crippen LogP contribution is 2.26. The van der Waals surface area contributed by atoms with Crippen molar-refractivity contribution >= 4 is 16.9 Å². The SMILES string of the molecule is CCn1ncc2c(C(=O)N3CCN(Cc4ccccn4)CC3)cc(-c3ccccc3)nc21. The molecule has 7 heteroatoms. The molecule has 1 saturated heterocycles. The lowest BCUT2D eigenvalue weighted by atomic mass is 10.1. The zero-order valence-corrected chi connectivity index (χ0v) is 18.2. The Balaban J connectivity index is 1.40. The Kier molecular flexibility index (Phi) is 5.64. The number of piperazine rings is 1. The molecule has 1 amide bonds. The lowest BCUT2D eigenvalue weighted by Crippen LogP contribution is -2.48. The van der Waals surface area contributed by atoms with E-state index >= 15 is 0 Å². The van der Waals surface area contributed by atoms with Gasteiger partial charge in [0.15, 0.2) is 5.65 Å². The van der Waals surface area contributed by atoms with Gasteiger partial charge < -0.3 is 4.90 Å². The van der Waals surface area contributed by atoms with Gasteiger partial charge in [0.25, 0.3) is 5.91 Å². The van der Waals surface area contributed by atoms with Crippen LogP contribution in [0.25, 0.3) is 22.3 Å². The summed E-state index contributed by atoms with van der Waals surface area (Å²) in [7, 11) is 0. The first-order chi connectivity index (χ1) is 15.7. The van der Waals surface area contributed by atoms with Gasteiger partial charge in [-0.15, -0.1) is 0 Å². The standard InChI is InChI=1S/C25H26N6O/c1-2-31-24-22(17-27-31)21(16-23(28-24)19-8-4-3-5-9-19)25(32)30-14-12-29(13-15-30)18-20-10-6-7-11-26-20/h3-11,16-17H,2,12-15,18H2,1H3. The topological polar surface area (TPSA) is 67.2 Å². The molecule has 0 aliphatic carbocycles. The maximum Gasteiger partial charge on any atom is 0.254 e. The molecule has 0 saturated carbocycles. The maximum atomic E-state index is 13.6. The van der Waals surface area contributed by atoms with E-state index in [-0.39, 0.29) is 5.91 Å². The summed E-state index contributed by atoms with van der Waals surface area (Å²) in [6.07, 6.45) is 3.59. The van der Waals surface area contributed by atoms with Crippen molar-refractivity contribution in [3.05, 3.63) is 78.2 Å². The van der Waals surface area contributed by atoms with Gasteiger partial charge in [-0.1, -0.05) is 36.4 Å². The average Bonchev–Trinajstić information content (AvgIpc) is 3.28. The predicted molar refractivity (Wildman–Crippen MR) is 124 cm³/mol. The van der Waals surface area contributed by atoms with Crippen LogP contribution in [0.2, 0.25) is 0 Å². The molecule has 0 unspecified atom stereocenters. The van der Waals surface area contributed by atoms with Gasteiger partial charge >= 0.3 is 0 Å². The van der Waals surface area contributed by atoms with Crippen LogP contribution in [0.1, 0.15) is 23.0 Å². The highest BCUT2D eigenvalue weighted by Gasteiger charge is 2.25. The van der Waals surface area contributed by atoms with Crippen molar-refractivity contribution in [2.24, 2.45) is 0 Å². The van der Waals surface area contributed by atoms with Crippen molar-refractivity contribution in [2.75, 3.05) is 26.2 Å². The van der Waals surface area contributed by atoms with E-state index in [1.807, 2.05) is 77.3 Å². The predicted octanol–water partition coefficient (Wildman–Crippen LogP) is 3.47. The Morgan fingerprint density at radius 2 is 1.78 bits per heavy atom. The molecule has 3 aromatic heterocycles. The van der Waals surface area contributed by atoms with E-state index in [1.165, 1.54) is 0 Å². The molecule has 1 fully saturated rings. The number of aromatic nitrogens is 4. The molecule has 32 heavy (non-hydrogen) atoms. The van der Waals surface area contributed by atoms with Crippen LogP contribution >= 0.6 is 0 Å². The van der Waals surface area contributed by atoms with E-state index in [0.717, 1.165) is 47.6 Å². The van der Waals surface area contributed by atoms with Crippen LogP contribution in [0, 0.1) is 0 Å². The fraction of sp³-hybridized carbons (Fsp3) is 0.280. The first-order valence-electron chi connectivity index (χ1n) is 11.1. The molecule has 0 atom stereocenters. The van der Waals surface area contributed by atoms with Gasteiger partial charge in [-0.3, -0.25) is 14.7 Å². The fourth-order valence-electron chi connectivity index (χ4n) is 4.21. The fourth-order valence-corrected chi connectivity index (χ4v) is 4.21. The van der Waals surface area contributed by atoms with Crippen LogP contribution in [0.3, 0.4) is 0 Å². The van der Waals surface area contributed by atoms with Gasteiger partial charge in [0.05, 0.1) is 28.5 Å². The summed E-state index contributed by atoms with van der Waals surface area (Å²) in [4.78, 5) is 27.1. The summed E-state index contributed by atoms with van der Waals surface area (Å²) in [6, 6.07) is 17.9. The van der Waals surface area contributed by atoms with Crippen LogP contribution in [-0.2, 0) is 13.1 Å². The van der Waals surface area contributed by atoms with Crippen LogP contribution in [0.5, 0.6) is 0 Å². The molecule has 1 aromatic carbocycles. The zero-order valence-electron chi connectivity index (χ0n) is 18.2. The van der Waals surface area contributed by atoms with Gasteiger partial charge in [-0.25, -0.2) is 9.67 Å². The number of carbonyl (C=O) groups is 1. The van der Waals surface area contributed by atoms with Crippen LogP contribution in [-0.4, -0.2) is 61.6 Å². The number of pyridine rings is 2. The lowest BCUT2D eigenvalue weighted by Gasteiger charge is -2.34. The van der Waals surface area contributed by atoms with Crippen molar-refractivity contribution in [1.82, 2.24) is 29.5 Å². The summed E-state index contributed by atoms with van der Waals surface area (Å²) in [6.45, 7) is 6.59. The minimum atomic E-state index is 0.0442. The molecule has 4 aromatic rings. The quantitative estimate of drug-likeness (QED) is 0.489. The second kappa shape index (κ2) is 8.88. The number of rotatable bonds is 5. The second-order valence-electron chi connectivity index (χ2n) is 8.01. The van der Waals surface area contributed by atoms with Crippen molar-refractivity contribution in [3.8, 4) is 11.3 Å². The van der Waals surface area contributed by atoms with Crippen molar-refractivity contribution in [3.63, 3.8) is 0 Å². The Labute approximate surface area is 187 Å². The number of nitrogens with zero attached hydrogens (tertiary/aromatic N) is 6. The van der Waals surface area contributed by atoms with Crippen molar-refractivity contribution < 1.29 is 4.79 Å². The highest BCUT2D eigenvalue weighted by molar-refractivity contribution is 6.06. The summed E-state index contributed by atoms with van der Waals surface area (Å²) < 4.78 is 1.85. The van der Waals surface area contributed by atoms with Crippen molar-refractivity contribution in [2.45, 2.75) is 20.0 Å². The first-order valence-corrected chi connectivity index (χ1v) is 11.1. The monoisotopic (exact) mass is 426 g/mol. The molecule has 5 rings (SSSR count). The molecule has 0 bridgehead atoms. The molecule has 7 nitrogen and oxygen atoms in total. The van der Waals surface area contributed by atoms with E-state index in [1.54, 1.807) is 6.20 Å². The molecule has 1 aliphatic heterocycles. The number of aryl methyl sites for hydroxylation is 1. The molecule has 1 aliphatic rings. The molecule has 4 heterocycles. The number of benzene rings is 1. The van der Waals surface area contributed by atoms with Crippen molar-refractivity contribution in [1.29, 1.82) is 0 Å². The van der Waals surface area contributed by atoms with E-state index in [0.29, 0.717) is 25.2 Å². The Hall–Kier alpha value is -3.58. The third-order valence-corrected chi connectivity index (χ3v) is 5.98. The van der Waals surface area contributed by atoms with E-state index < -0.39 is 0 Å². The van der Waals surface area contributed by atoms with Gasteiger partial charge in [0.2, 0.25) is 0 Å². The lowest BCUT2D eigenvalue weighted by molar-refractivity contribution is 0.0629. The van der Waals surface area contributed by atoms with Crippen LogP contribution in [0.15, 0.2) is 67.0 Å². The Bertz CT molecular complexity index is 1210. The summed E-state index contributed by atoms with van der Waals surface area (Å²) in [5, 5.41) is 5.28. The largest absolute Gasteiger partial charge is 0.336 e. The summed E-state index contributed by atoms with van der Waals surface area (Å²) >= 11 is 0. The number of amides is 1. The van der Waals surface area contributed by atoms with E-state index in [4.69, 9.17) is 4.98 Å². The Morgan fingerprint density at radius 1 is 1.00 bits per heavy atom. The molecular weight excluding hydrogens is 400 g/mol. The van der Waals surface area contributed by atoms with Gasteiger partial charge in [0, 0.05) is 51.0 Å². The summed E-state index contributed by atoms with van der Waals surface area (Å²) in [5.41, 5.74) is 4.28. The van der Waals surface area contributed by atoms with E-state index in [2.05, 4.69) is 15.0 Å². The molecule has 0 N–H and O–H groups in total. The van der Waals surface area contributed by atoms with E-state index in [9.17, 15) is 4.79 Å². The highest BCUT2D eigenvalue weighted by atomic mass is 16.2. The number of hydrogen-bond acceptors (Lipinski definition) is 5. The minimum absolute atomic E-state index is 0.0442. The minimum Gasteiger partial charge on any atom is -0.336 e. The molecule has 0 spiro atoms. The van der Waals surface area contributed by atoms with Crippen LogP contribution < -0.4 is 0 Å². The second-order valence-corrected chi connectivity index (χ2v) is 8.01. The third-order valence-electron chi connectivity index (χ3n) is 5.98. The van der Waals surface area contributed by atoms with Crippen LogP contribution in [0.4, 0.5) is 0 Å². The molecule has 162 valence electrons. The third kappa shape index (κ3) is 3.99. The number of carbonyl (C=O) groups excluding carboxylic acids is 1. The smallest absolute Gasteiger partial charge is 0.254 e.